The molecule has 4 rings (SSSR count). The number of fused-ring (bicyclic) bond motifs is 1. The van der Waals surface area contributed by atoms with Crippen molar-refractivity contribution in [1.82, 2.24) is 9.97 Å². The molecule has 0 bridgehead atoms. The quantitative estimate of drug-likeness (QED) is 0.724. The van der Waals surface area contributed by atoms with E-state index in [9.17, 15) is 4.39 Å². The zero-order chi connectivity index (χ0) is 19.0. The van der Waals surface area contributed by atoms with Crippen molar-refractivity contribution in [2.24, 2.45) is 0 Å². The van der Waals surface area contributed by atoms with E-state index in [0.717, 1.165) is 47.9 Å². The van der Waals surface area contributed by atoms with Crippen LogP contribution in [-0.4, -0.2) is 41.7 Å². The summed E-state index contributed by atoms with van der Waals surface area (Å²) in [6.07, 6.45) is 1.85. The van der Waals surface area contributed by atoms with Crippen LogP contribution in [0.1, 0.15) is 20.8 Å². The predicted molar refractivity (Wildman–Crippen MR) is 110 cm³/mol. The fourth-order valence-corrected chi connectivity index (χ4v) is 3.82. The summed E-state index contributed by atoms with van der Waals surface area (Å²) < 4.78 is 13.5. The molecule has 1 aliphatic heterocycles. The van der Waals surface area contributed by atoms with Crippen LogP contribution in [0.15, 0.2) is 42.6 Å². The number of hydrogen-bond donors (Lipinski definition) is 2. The Morgan fingerprint density at radius 3 is 2.85 bits per heavy atom. The lowest BCUT2D eigenvalue weighted by molar-refractivity contribution is 0.544. The predicted octanol–water partition coefficient (Wildman–Crippen LogP) is 4.24. The molecule has 0 amide bonds. The minimum Gasteiger partial charge on any atom is -0.380 e. The first kappa shape index (κ1) is 17.6. The maximum absolute atomic E-state index is 13.5. The number of aromatic nitrogens is 2. The highest BCUT2D eigenvalue weighted by molar-refractivity contribution is 5.84. The largest absolute Gasteiger partial charge is 0.380 e. The van der Waals surface area contributed by atoms with Gasteiger partial charge in [0.15, 0.2) is 5.82 Å². The summed E-state index contributed by atoms with van der Waals surface area (Å²) in [6, 6.07) is 11.6. The van der Waals surface area contributed by atoms with Gasteiger partial charge in [-0.05, 0) is 57.2 Å². The Morgan fingerprint density at radius 2 is 2.07 bits per heavy atom. The normalized spacial score (nSPS) is 17.7. The molecule has 0 aliphatic carbocycles. The van der Waals surface area contributed by atoms with Crippen molar-refractivity contribution in [2.45, 2.75) is 32.9 Å². The molecule has 1 fully saturated rings. The van der Waals surface area contributed by atoms with Gasteiger partial charge in [0.2, 0.25) is 0 Å². The number of nitrogens with one attached hydrogen (secondary N) is 2. The Hall–Kier alpha value is -2.76. The number of pyridine rings is 1. The third kappa shape index (κ3) is 3.56. The molecule has 0 spiro atoms. The van der Waals surface area contributed by atoms with E-state index >= 15 is 0 Å². The van der Waals surface area contributed by atoms with Gasteiger partial charge in [-0.15, -0.1) is 0 Å². The number of hydrogen-bond acceptors (Lipinski definition) is 4. The van der Waals surface area contributed by atoms with E-state index in [2.05, 4.69) is 51.9 Å². The van der Waals surface area contributed by atoms with Crippen LogP contribution in [0.2, 0.25) is 0 Å². The minimum absolute atomic E-state index is 0.203. The second kappa shape index (κ2) is 7.10. The molecule has 0 radical (unpaired) electrons. The molecule has 1 aliphatic rings. The standard InChI is InChI=1S/C21H26FN5/c1-14(2)24-19-5-4-8-23-21(19)26-9-10-27(15(3)13-26)20-12-16-11-17(22)6-7-18(16)25-20/h4-8,11-12,14-15,24-25H,9-10,13H2,1-3H3. The Balaban J connectivity index is 1.54. The first-order valence-corrected chi connectivity index (χ1v) is 9.52. The van der Waals surface area contributed by atoms with Crippen LogP contribution in [0.3, 0.4) is 0 Å². The molecule has 3 aromatic rings. The van der Waals surface area contributed by atoms with Crippen LogP contribution in [0.25, 0.3) is 10.9 Å². The maximum atomic E-state index is 13.5. The molecule has 1 atom stereocenters. The van der Waals surface area contributed by atoms with Crippen molar-refractivity contribution >= 4 is 28.2 Å². The summed E-state index contributed by atoms with van der Waals surface area (Å²) in [5, 5.41) is 4.40. The van der Waals surface area contributed by atoms with Crippen molar-refractivity contribution in [3.63, 3.8) is 0 Å². The number of rotatable bonds is 4. The zero-order valence-corrected chi connectivity index (χ0v) is 16.0. The van der Waals surface area contributed by atoms with Gasteiger partial charge < -0.3 is 20.1 Å². The smallest absolute Gasteiger partial charge is 0.152 e. The van der Waals surface area contributed by atoms with Crippen molar-refractivity contribution in [1.29, 1.82) is 0 Å². The molecule has 6 heteroatoms. The lowest BCUT2D eigenvalue weighted by Gasteiger charge is -2.41. The zero-order valence-electron chi connectivity index (χ0n) is 16.0. The van der Waals surface area contributed by atoms with E-state index in [-0.39, 0.29) is 5.82 Å². The Bertz CT molecular complexity index is 935. The van der Waals surface area contributed by atoms with Gasteiger partial charge in [-0.1, -0.05) is 0 Å². The van der Waals surface area contributed by atoms with Crippen molar-refractivity contribution in [3.8, 4) is 0 Å². The van der Waals surface area contributed by atoms with Gasteiger partial charge in [0.25, 0.3) is 0 Å². The molecule has 2 N–H and O–H groups in total. The second-order valence-electron chi connectivity index (χ2n) is 7.55. The SMILES string of the molecule is CC(C)Nc1cccnc1N1CCN(c2cc3cc(F)ccc3[nH]2)C(C)C1. The number of piperazine rings is 1. The van der Waals surface area contributed by atoms with Gasteiger partial charge in [0, 0.05) is 48.8 Å². The van der Waals surface area contributed by atoms with Crippen molar-refractivity contribution < 1.29 is 4.39 Å². The first-order chi connectivity index (χ1) is 13.0. The fourth-order valence-electron chi connectivity index (χ4n) is 3.82. The molecule has 27 heavy (non-hydrogen) atoms. The molecular formula is C21H26FN5. The number of anilines is 3. The van der Waals surface area contributed by atoms with Gasteiger partial charge in [0.05, 0.1) is 5.69 Å². The molecule has 0 saturated carbocycles. The van der Waals surface area contributed by atoms with Crippen LogP contribution in [-0.2, 0) is 0 Å². The van der Waals surface area contributed by atoms with E-state index in [1.165, 1.54) is 6.07 Å². The molecule has 5 nitrogen and oxygen atoms in total. The molecular weight excluding hydrogens is 341 g/mol. The van der Waals surface area contributed by atoms with E-state index in [1.54, 1.807) is 12.1 Å². The van der Waals surface area contributed by atoms with Crippen molar-refractivity contribution in [3.05, 3.63) is 48.4 Å². The van der Waals surface area contributed by atoms with Gasteiger partial charge in [-0.2, -0.15) is 0 Å². The lowest BCUT2D eigenvalue weighted by Crippen LogP contribution is -2.52. The lowest BCUT2D eigenvalue weighted by atomic mass is 10.1. The third-order valence-corrected chi connectivity index (χ3v) is 5.04. The maximum Gasteiger partial charge on any atom is 0.152 e. The molecule has 2 aromatic heterocycles. The van der Waals surface area contributed by atoms with Gasteiger partial charge in [-0.3, -0.25) is 0 Å². The summed E-state index contributed by atoms with van der Waals surface area (Å²) >= 11 is 0. The topological polar surface area (TPSA) is 47.2 Å². The summed E-state index contributed by atoms with van der Waals surface area (Å²) in [5.41, 5.74) is 2.04. The third-order valence-electron chi connectivity index (χ3n) is 5.04. The van der Waals surface area contributed by atoms with Crippen LogP contribution in [0, 0.1) is 5.82 Å². The van der Waals surface area contributed by atoms with E-state index in [1.807, 2.05) is 18.3 Å². The van der Waals surface area contributed by atoms with E-state index in [4.69, 9.17) is 0 Å². The van der Waals surface area contributed by atoms with E-state index in [0.29, 0.717) is 12.1 Å². The molecule has 142 valence electrons. The monoisotopic (exact) mass is 367 g/mol. The summed E-state index contributed by atoms with van der Waals surface area (Å²) in [7, 11) is 0. The molecule has 1 aromatic carbocycles. The average molecular weight is 367 g/mol. The number of aromatic amines is 1. The van der Waals surface area contributed by atoms with Crippen LogP contribution >= 0.6 is 0 Å². The Labute approximate surface area is 159 Å². The van der Waals surface area contributed by atoms with E-state index < -0.39 is 0 Å². The van der Waals surface area contributed by atoms with Gasteiger partial charge >= 0.3 is 0 Å². The number of halogens is 1. The summed E-state index contributed by atoms with van der Waals surface area (Å²) in [5.74, 6) is 1.85. The fraction of sp³-hybridized carbons (Fsp3) is 0.381. The minimum atomic E-state index is -0.203. The molecule has 1 unspecified atom stereocenters. The second-order valence-corrected chi connectivity index (χ2v) is 7.55. The number of benzene rings is 1. The number of H-pyrrole nitrogens is 1. The summed E-state index contributed by atoms with van der Waals surface area (Å²) in [6.45, 7) is 9.14. The summed E-state index contributed by atoms with van der Waals surface area (Å²) in [4.78, 5) is 12.8. The Morgan fingerprint density at radius 1 is 1.22 bits per heavy atom. The molecule has 1 saturated heterocycles. The van der Waals surface area contributed by atoms with Gasteiger partial charge in [-0.25, -0.2) is 9.37 Å². The van der Waals surface area contributed by atoms with Crippen LogP contribution in [0.4, 0.5) is 21.7 Å². The van der Waals surface area contributed by atoms with Crippen LogP contribution < -0.4 is 15.1 Å². The first-order valence-electron chi connectivity index (χ1n) is 9.52. The molecule has 3 heterocycles. The highest BCUT2D eigenvalue weighted by Gasteiger charge is 2.27. The average Bonchev–Trinajstić information content (AvgIpc) is 3.04. The van der Waals surface area contributed by atoms with Crippen LogP contribution in [0.5, 0.6) is 0 Å². The Kier molecular flexibility index (Phi) is 4.64. The van der Waals surface area contributed by atoms with Gasteiger partial charge in [0.1, 0.15) is 11.6 Å². The highest BCUT2D eigenvalue weighted by atomic mass is 19.1. The highest BCUT2D eigenvalue weighted by Crippen LogP contribution is 2.29. The number of nitrogens with zero attached hydrogens (tertiary/aromatic N) is 3. The van der Waals surface area contributed by atoms with Crippen molar-refractivity contribution in [2.75, 3.05) is 34.8 Å².